The third-order valence-corrected chi connectivity index (χ3v) is 6.64. The molecular weight excluding hydrogens is 443 g/mol. The highest BCUT2D eigenvalue weighted by atomic mass is 35.5. The van der Waals surface area contributed by atoms with E-state index < -0.39 is 11.9 Å². The van der Waals surface area contributed by atoms with Gasteiger partial charge in [0.2, 0.25) is 0 Å². The molecule has 0 radical (unpaired) electrons. The first-order valence-electron chi connectivity index (χ1n) is 9.15. The summed E-state index contributed by atoms with van der Waals surface area (Å²) < 4.78 is 21.0. The van der Waals surface area contributed by atoms with E-state index in [0.717, 1.165) is 21.4 Å². The number of hydrogen-bond donors (Lipinski definition) is 0. The molecule has 1 unspecified atom stereocenters. The molecule has 2 aromatic heterocycles. The maximum Gasteiger partial charge on any atom is 0.191 e. The van der Waals surface area contributed by atoms with Gasteiger partial charge in [-0.15, -0.1) is 21.5 Å². The monoisotopic (exact) mass is 460 g/mol. The highest BCUT2D eigenvalue weighted by Gasteiger charge is 2.19. The number of aromatic nitrogens is 4. The third kappa shape index (κ3) is 4.66. The summed E-state index contributed by atoms with van der Waals surface area (Å²) in [6.07, 6.45) is -0.399. The topological polar surface area (TPSA) is 52.8 Å². The van der Waals surface area contributed by atoms with E-state index in [1.54, 1.807) is 23.1 Å². The minimum Gasteiger partial charge on any atom is -0.481 e. The molecule has 5 nitrogen and oxygen atoms in total. The number of rotatable bonds is 7. The smallest absolute Gasteiger partial charge is 0.191 e. The van der Waals surface area contributed by atoms with Crippen LogP contribution in [0.15, 0.2) is 59.1 Å². The Hall–Kier alpha value is -2.42. The van der Waals surface area contributed by atoms with E-state index in [9.17, 15) is 4.39 Å². The van der Waals surface area contributed by atoms with Crippen LogP contribution in [0, 0.1) is 5.82 Å². The number of thiazole rings is 1. The lowest BCUT2D eigenvalue weighted by Gasteiger charge is -2.15. The van der Waals surface area contributed by atoms with Gasteiger partial charge in [0, 0.05) is 23.7 Å². The molecule has 0 aliphatic carbocycles. The zero-order chi connectivity index (χ0) is 21.1. The Morgan fingerprint density at radius 3 is 2.77 bits per heavy atom. The van der Waals surface area contributed by atoms with Crippen LogP contribution >= 0.6 is 34.7 Å². The Balaban J connectivity index is 1.41. The Kier molecular flexibility index (Phi) is 6.36. The van der Waals surface area contributed by atoms with Gasteiger partial charge in [0.25, 0.3) is 0 Å². The lowest BCUT2D eigenvalue weighted by Crippen LogP contribution is -2.10. The van der Waals surface area contributed by atoms with Crippen LogP contribution in [0.2, 0.25) is 5.02 Å². The number of benzene rings is 2. The molecule has 0 bridgehead atoms. The zero-order valence-corrected chi connectivity index (χ0v) is 18.6. The third-order valence-electron chi connectivity index (χ3n) is 4.35. The van der Waals surface area contributed by atoms with Gasteiger partial charge in [-0.2, -0.15) is 0 Å². The number of ether oxygens (including phenoxy) is 1. The number of thioether (sulfide) groups is 1. The van der Waals surface area contributed by atoms with Crippen molar-refractivity contribution in [3.63, 3.8) is 0 Å². The van der Waals surface area contributed by atoms with E-state index >= 15 is 0 Å². The lowest BCUT2D eigenvalue weighted by molar-refractivity contribution is 0.211. The van der Waals surface area contributed by atoms with E-state index in [1.165, 1.54) is 18.2 Å². The van der Waals surface area contributed by atoms with Crippen molar-refractivity contribution < 1.29 is 9.13 Å². The van der Waals surface area contributed by atoms with Crippen LogP contribution in [-0.2, 0) is 12.8 Å². The molecule has 0 spiro atoms. The Bertz CT molecular complexity index is 1150. The standard InChI is InChI=1S/C21H18ClFN4OS2/c1-13(28-18-9-8-15(23)10-17(18)22)19-25-26-21(27(19)2)30-12-16-11-29-20(24-16)14-6-4-3-5-7-14/h3-11,13H,12H2,1-2H3. The molecule has 0 N–H and O–H groups in total. The summed E-state index contributed by atoms with van der Waals surface area (Å²) >= 11 is 9.24. The van der Waals surface area contributed by atoms with Crippen LogP contribution in [-0.4, -0.2) is 19.7 Å². The molecule has 0 saturated carbocycles. The van der Waals surface area contributed by atoms with Gasteiger partial charge >= 0.3 is 0 Å². The van der Waals surface area contributed by atoms with E-state index in [4.69, 9.17) is 21.3 Å². The summed E-state index contributed by atoms with van der Waals surface area (Å²) in [5, 5.41) is 12.6. The van der Waals surface area contributed by atoms with Crippen LogP contribution in [0.3, 0.4) is 0 Å². The normalized spacial score (nSPS) is 12.1. The van der Waals surface area contributed by atoms with Crippen LogP contribution in [0.25, 0.3) is 10.6 Å². The summed E-state index contributed by atoms with van der Waals surface area (Å²) in [4.78, 5) is 4.71. The Morgan fingerprint density at radius 2 is 2.00 bits per heavy atom. The first-order valence-corrected chi connectivity index (χ1v) is 11.4. The minimum absolute atomic E-state index is 0.219. The van der Waals surface area contributed by atoms with Crippen molar-refractivity contribution in [1.29, 1.82) is 0 Å². The molecule has 0 aliphatic heterocycles. The van der Waals surface area contributed by atoms with Gasteiger partial charge in [0.15, 0.2) is 17.1 Å². The summed E-state index contributed by atoms with van der Waals surface area (Å²) in [5.41, 5.74) is 2.11. The van der Waals surface area contributed by atoms with Gasteiger partial charge in [0.05, 0.1) is 10.7 Å². The summed E-state index contributed by atoms with van der Waals surface area (Å²) in [5.74, 6) is 1.34. The largest absolute Gasteiger partial charge is 0.481 e. The van der Waals surface area contributed by atoms with Crippen molar-refractivity contribution in [3.8, 4) is 16.3 Å². The second-order valence-corrected chi connectivity index (χ2v) is 8.74. The molecular formula is C21H18ClFN4OS2. The minimum atomic E-state index is -0.408. The molecule has 154 valence electrons. The van der Waals surface area contributed by atoms with Gasteiger partial charge in [-0.3, -0.25) is 0 Å². The first-order chi connectivity index (χ1) is 14.5. The predicted molar refractivity (Wildman–Crippen MR) is 119 cm³/mol. The number of hydrogen-bond acceptors (Lipinski definition) is 6. The van der Waals surface area contributed by atoms with Crippen molar-refractivity contribution in [2.24, 2.45) is 7.05 Å². The molecule has 4 rings (SSSR count). The average molecular weight is 461 g/mol. The molecule has 1 atom stereocenters. The summed E-state index contributed by atoms with van der Waals surface area (Å²) in [6.45, 7) is 1.85. The van der Waals surface area contributed by atoms with Crippen molar-refractivity contribution in [2.45, 2.75) is 23.9 Å². The molecule has 4 aromatic rings. The molecule has 0 amide bonds. The van der Waals surface area contributed by atoms with Crippen molar-refractivity contribution in [1.82, 2.24) is 19.7 Å². The van der Waals surface area contributed by atoms with Crippen LogP contribution in [0.4, 0.5) is 4.39 Å². The Morgan fingerprint density at radius 1 is 1.20 bits per heavy atom. The average Bonchev–Trinajstić information content (AvgIpc) is 3.36. The van der Waals surface area contributed by atoms with E-state index in [-0.39, 0.29) is 5.02 Å². The number of nitrogens with zero attached hydrogens (tertiary/aromatic N) is 4. The molecule has 30 heavy (non-hydrogen) atoms. The second-order valence-electron chi connectivity index (χ2n) is 6.53. The summed E-state index contributed by atoms with van der Waals surface area (Å²) in [6, 6.07) is 14.2. The predicted octanol–water partition coefficient (Wildman–Crippen LogP) is 6.16. The van der Waals surface area contributed by atoms with E-state index in [0.29, 0.717) is 17.3 Å². The van der Waals surface area contributed by atoms with Crippen LogP contribution in [0.5, 0.6) is 5.75 Å². The fourth-order valence-electron chi connectivity index (χ4n) is 2.84. The quantitative estimate of drug-likeness (QED) is 0.309. The molecule has 0 aliphatic rings. The van der Waals surface area contributed by atoms with Crippen molar-refractivity contribution >= 4 is 34.7 Å². The van der Waals surface area contributed by atoms with Crippen molar-refractivity contribution in [2.75, 3.05) is 0 Å². The van der Waals surface area contributed by atoms with Gasteiger partial charge in [-0.1, -0.05) is 53.7 Å². The molecule has 2 heterocycles. The van der Waals surface area contributed by atoms with E-state index in [2.05, 4.69) is 27.7 Å². The molecule has 9 heteroatoms. The fourth-order valence-corrected chi connectivity index (χ4v) is 4.80. The summed E-state index contributed by atoms with van der Waals surface area (Å²) in [7, 11) is 1.89. The van der Waals surface area contributed by atoms with E-state index in [1.807, 2.05) is 36.7 Å². The molecule has 0 saturated heterocycles. The Labute approximate surface area is 186 Å². The van der Waals surface area contributed by atoms with Gasteiger partial charge in [0.1, 0.15) is 16.6 Å². The van der Waals surface area contributed by atoms with Gasteiger partial charge in [-0.25, -0.2) is 9.37 Å². The van der Waals surface area contributed by atoms with Crippen molar-refractivity contribution in [3.05, 3.63) is 76.3 Å². The highest BCUT2D eigenvalue weighted by molar-refractivity contribution is 7.98. The highest BCUT2D eigenvalue weighted by Crippen LogP contribution is 2.31. The maximum atomic E-state index is 13.2. The molecule has 0 fully saturated rings. The first kappa shape index (κ1) is 20.8. The molecule has 2 aromatic carbocycles. The maximum absolute atomic E-state index is 13.2. The zero-order valence-electron chi connectivity index (χ0n) is 16.3. The van der Waals surface area contributed by atoms with Crippen LogP contribution in [0.1, 0.15) is 24.5 Å². The van der Waals surface area contributed by atoms with Gasteiger partial charge < -0.3 is 9.30 Å². The SMILES string of the molecule is CC(Oc1ccc(F)cc1Cl)c1nnc(SCc2csc(-c3ccccc3)n2)n1C. The fraction of sp³-hybridized carbons (Fsp3) is 0.190. The van der Waals surface area contributed by atoms with Crippen LogP contribution < -0.4 is 4.74 Å². The lowest BCUT2D eigenvalue weighted by atomic mass is 10.2. The second kappa shape index (κ2) is 9.16. The van der Waals surface area contributed by atoms with Gasteiger partial charge in [-0.05, 0) is 25.1 Å². The number of halogens is 2.